The summed E-state index contributed by atoms with van der Waals surface area (Å²) in [5.74, 6) is 1.13. The molecule has 1 aliphatic rings. The highest BCUT2D eigenvalue weighted by Crippen LogP contribution is 2.41. The molecular weight excluding hydrogens is 260 g/mol. The van der Waals surface area contributed by atoms with E-state index in [1.807, 2.05) is 19.1 Å². The second kappa shape index (κ2) is 6.95. The van der Waals surface area contributed by atoms with E-state index >= 15 is 0 Å². The van der Waals surface area contributed by atoms with Gasteiger partial charge in [0.1, 0.15) is 0 Å². The smallest absolute Gasteiger partial charge is 0.305 e. The van der Waals surface area contributed by atoms with E-state index in [1.54, 1.807) is 0 Å². The Morgan fingerprint density at radius 2 is 2.05 bits per heavy atom. The molecule has 2 rings (SSSR count). The first-order valence-electron chi connectivity index (χ1n) is 7.11. The van der Waals surface area contributed by atoms with Gasteiger partial charge in [-0.15, -0.1) is 0 Å². The van der Waals surface area contributed by atoms with E-state index < -0.39 is 0 Å². The first-order chi connectivity index (χ1) is 9.20. The third-order valence-corrected chi connectivity index (χ3v) is 4.25. The molecular formula is C16H21ClO2. The predicted molar refractivity (Wildman–Crippen MR) is 77.4 cm³/mol. The lowest BCUT2D eigenvalue weighted by Gasteiger charge is -2.20. The van der Waals surface area contributed by atoms with Crippen LogP contribution in [0.4, 0.5) is 0 Å². The lowest BCUT2D eigenvalue weighted by atomic mass is 9.87. The molecule has 2 unspecified atom stereocenters. The van der Waals surface area contributed by atoms with Crippen molar-refractivity contribution in [1.29, 1.82) is 0 Å². The summed E-state index contributed by atoms with van der Waals surface area (Å²) in [6.45, 7) is 2.38. The van der Waals surface area contributed by atoms with Crippen LogP contribution in [0.1, 0.15) is 50.5 Å². The van der Waals surface area contributed by atoms with Crippen molar-refractivity contribution in [3.05, 3.63) is 34.9 Å². The number of rotatable bonds is 5. The molecule has 1 aliphatic carbocycles. The molecule has 0 spiro atoms. The normalized spacial score (nSPS) is 22.4. The number of hydrogen-bond acceptors (Lipinski definition) is 2. The van der Waals surface area contributed by atoms with Gasteiger partial charge in [-0.2, -0.15) is 0 Å². The van der Waals surface area contributed by atoms with Crippen molar-refractivity contribution in [3.8, 4) is 0 Å². The zero-order valence-corrected chi connectivity index (χ0v) is 12.2. The van der Waals surface area contributed by atoms with Gasteiger partial charge in [-0.1, -0.05) is 37.1 Å². The van der Waals surface area contributed by atoms with Gasteiger partial charge in [-0.3, -0.25) is 4.79 Å². The maximum absolute atomic E-state index is 11.1. The summed E-state index contributed by atoms with van der Waals surface area (Å²) < 4.78 is 5.20. The van der Waals surface area contributed by atoms with Crippen molar-refractivity contribution in [2.75, 3.05) is 6.61 Å². The molecule has 3 heteroatoms. The van der Waals surface area contributed by atoms with Crippen LogP contribution in [-0.4, -0.2) is 12.6 Å². The quantitative estimate of drug-likeness (QED) is 0.739. The summed E-state index contributed by atoms with van der Waals surface area (Å²) in [7, 11) is 0. The van der Waals surface area contributed by atoms with Crippen LogP contribution >= 0.6 is 11.6 Å². The zero-order chi connectivity index (χ0) is 13.7. The Morgan fingerprint density at radius 1 is 1.32 bits per heavy atom. The van der Waals surface area contributed by atoms with E-state index in [4.69, 9.17) is 16.3 Å². The van der Waals surface area contributed by atoms with Crippen LogP contribution in [0.5, 0.6) is 0 Å². The van der Waals surface area contributed by atoms with Crippen LogP contribution in [0, 0.1) is 5.92 Å². The average molecular weight is 281 g/mol. The van der Waals surface area contributed by atoms with E-state index in [-0.39, 0.29) is 5.97 Å². The highest BCUT2D eigenvalue weighted by molar-refractivity contribution is 6.30. The molecule has 1 aromatic rings. The summed E-state index contributed by atoms with van der Waals surface area (Å²) in [6.07, 6.45) is 5.16. The summed E-state index contributed by atoms with van der Waals surface area (Å²) in [5, 5.41) is 0.787. The van der Waals surface area contributed by atoms with Crippen LogP contribution in [0.15, 0.2) is 24.3 Å². The minimum atomic E-state index is -0.0963. The van der Waals surface area contributed by atoms with Crippen molar-refractivity contribution >= 4 is 17.6 Å². The van der Waals surface area contributed by atoms with Gasteiger partial charge < -0.3 is 4.74 Å². The standard InChI is InChI=1S/C16H21ClO2/c1-2-16(18)19-11-10-12-4-3-5-15(12)13-6-8-14(17)9-7-13/h6-9,12,15H,2-5,10-11H2,1H3. The second-order valence-corrected chi connectivity index (χ2v) is 5.65. The zero-order valence-electron chi connectivity index (χ0n) is 11.4. The highest BCUT2D eigenvalue weighted by atomic mass is 35.5. The van der Waals surface area contributed by atoms with Gasteiger partial charge >= 0.3 is 5.97 Å². The van der Waals surface area contributed by atoms with Gasteiger partial charge in [0.15, 0.2) is 0 Å². The fourth-order valence-corrected chi connectivity index (χ4v) is 3.08. The van der Waals surface area contributed by atoms with Gasteiger partial charge in [0.05, 0.1) is 6.61 Å². The van der Waals surface area contributed by atoms with E-state index in [1.165, 1.54) is 24.8 Å². The molecule has 1 fully saturated rings. The Morgan fingerprint density at radius 3 is 2.74 bits per heavy atom. The van der Waals surface area contributed by atoms with Gasteiger partial charge in [0, 0.05) is 11.4 Å². The Hall–Kier alpha value is -1.02. The van der Waals surface area contributed by atoms with Crippen LogP contribution in [-0.2, 0) is 9.53 Å². The van der Waals surface area contributed by atoms with Crippen molar-refractivity contribution in [2.24, 2.45) is 5.92 Å². The third-order valence-electron chi connectivity index (χ3n) is 4.00. The van der Waals surface area contributed by atoms with Gasteiger partial charge in [0.2, 0.25) is 0 Å². The Labute approximate surface area is 120 Å². The molecule has 0 saturated heterocycles. The number of carbonyl (C=O) groups is 1. The number of halogens is 1. The fraction of sp³-hybridized carbons (Fsp3) is 0.562. The van der Waals surface area contributed by atoms with Crippen LogP contribution < -0.4 is 0 Å². The number of carbonyl (C=O) groups excluding carboxylic acids is 1. The molecule has 1 aromatic carbocycles. The van der Waals surface area contributed by atoms with Crippen molar-refractivity contribution < 1.29 is 9.53 Å². The van der Waals surface area contributed by atoms with Gasteiger partial charge in [-0.25, -0.2) is 0 Å². The summed E-state index contributed by atoms with van der Waals surface area (Å²) in [5.41, 5.74) is 1.37. The maximum atomic E-state index is 11.1. The molecule has 2 atom stereocenters. The fourth-order valence-electron chi connectivity index (χ4n) is 2.96. The Balaban J connectivity index is 1.89. The topological polar surface area (TPSA) is 26.3 Å². The SMILES string of the molecule is CCC(=O)OCCC1CCCC1c1ccc(Cl)cc1. The summed E-state index contributed by atoms with van der Waals surface area (Å²) in [4.78, 5) is 11.1. The first-order valence-corrected chi connectivity index (χ1v) is 7.49. The molecule has 0 aromatic heterocycles. The van der Waals surface area contributed by atoms with E-state index in [9.17, 15) is 4.79 Å². The molecule has 0 bridgehead atoms. The van der Waals surface area contributed by atoms with E-state index in [2.05, 4.69) is 12.1 Å². The minimum absolute atomic E-state index is 0.0963. The first kappa shape index (κ1) is 14.4. The van der Waals surface area contributed by atoms with Crippen LogP contribution in [0.2, 0.25) is 5.02 Å². The van der Waals surface area contributed by atoms with Crippen molar-refractivity contribution in [1.82, 2.24) is 0 Å². The molecule has 19 heavy (non-hydrogen) atoms. The molecule has 0 heterocycles. The number of hydrogen-bond donors (Lipinski definition) is 0. The molecule has 1 saturated carbocycles. The van der Waals surface area contributed by atoms with Crippen LogP contribution in [0.3, 0.4) is 0 Å². The van der Waals surface area contributed by atoms with E-state index in [0.717, 1.165) is 11.4 Å². The molecule has 0 radical (unpaired) electrons. The van der Waals surface area contributed by atoms with Gasteiger partial charge in [0.25, 0.3) is 0 Å². The molecule has 104 valence electrons. The molecule has 2 nitrogen and oxygen atoms in total. The minimum Gasteiger partial charge on any atom is -0.466 e. The largest absolute Gasteiger partial charge is 0.466 e. The molecule has 0 amide bonds. The molecule has 0 N–H and O–H groups in total. The molecule has 0 aliphatic heterocycles. The monoisotopic (exact) mass is 280 g/mol. The highest BCUT2D eigenvalue weighted by Gasteiger charge is 2.28. The van der Waals surface area contributed by atoms with Gasteiger partial charge in [-0.05, 0) is 48.8 Å². The average Bonchev–Trinajstić information content (AvgIpc) is 2.88. The van der Waals surface area contributed by atoms with E-state index in [0.29, 0.717) is 24.9 Å². The lowest BCUT2D eigenvalue weighted by Crippen LogP contribution is -2.12. The maximum Gasteiger partial charge on any atom is 0.305 e. The number of esters is 1. The summed E-state index contributed by atoms with van der Waals surface area (Å²) >= 11 is 5.93. The number of ether oxygens (including phenoxy) is 1. The Kier molecular flexibility index (Phi) is 5.26. The third kappa shape index (κ3) is 3.97. The lowest BCUT2D eigenvalue weighted by molar-refractivity contribution is -0.143. The Bertz CT molecular complexity index is 413. The second-order valence-electron chi connectivity index (χ2n) is 5.21. The number of benzene rings is 1. The van der Waals surface area contributed by atoms with Crippen molar-refractivity contribution in [3.63, 3.8) is 0 Å². The van der Waals surface area contributed by atoms with Crippen LogP contribution in [0.25, 0.3) is 0 Å². The van der Waals surface area contributed by atoms with Crippen molar-refractivity contribution in [2.45, 2.75) is 44.9 Å². The summed E-state index contributed by atoms with van der Waals surface area (Å²) in [6, 6.07) is 8.18. The predicted octanol–water partition coefficient (Wildman–Crippen LogP) is 4.57.